The molecule has 0 aliphatic carbocycles. The SMILES string of the molecule is CCN(CC(=O)O)C(=O)COc1ccccc1F. The number of likely N-dealkylation sites (N-methyl/N-ethyl adjacent to an activating group) is 1. The van der Waals surface area contributed by atoms with Crippen molar-refractivity contribution in [1.82, 2.24) is 4.90 Å². The summed E-state index contributed by atoms with van der Waals surface area (Å²) in [5.41, 5.74) is 0. The molecule has 1 amide bonds. The van der Waals surface area contributed by atoms with Crippen LogP contribution in [-0.4, -0.2) is 41.6 Å². The summed E-state index contributed by atoms with van der Waals surface area (Å²) in [4.78, 5) is 23.2. The van der Waals surface area contributed by atoms with E-state index in [0.717, 1.165) is 4.90 Å². The number of benzene rings is 1. The topological polar surface area (TPSA) is 66.8 Å². The Morgan fingerprint density at radius 1 is 1.39 bits per heavy atom. The molecule has 0 radical (unpaired) electrons. The lowest BCUT2D eigenvalue weighted by atomic mass is 10.3. The van der Waals surface area contributed by atoms with Crippen molar-refractivity contribution in [2.45, 2.75) is 6.92 Å². The fourth-order valence-corrected chi connectivity index (χ4v) is 1.33. The number of carbonyl (C=O) groups excluding carboxylic acids is 1. The van der Waals surface area contributed by atoms with Crippen LogP contribution in [0.25, 0.3) is 0 Å². The van der Waals surface area contributed by atoms with Gasteiger partial charge in [0.1, 0.15) is 6.54 Å². The van der Waals surface area contributed by atoms with Gasteiger partial charge >= 0.3 is 5.97 Å². The second kappa shape index (κ2) is 6.58. The minimum atomic E-state index is -1.10. The number of carboxylic acids is 1. The highest BCUT2D eigenvalue weighted by molar-refractivity contribution is 5.82. The van der Waals surface area contributed by atoms with E-state index in [9.17, 15) is 14.0 Å². The summed E-state index contributed by atoms with van der Waals surface area (Å²) in [5, 5.41) is 8.60. The molecule has 0 heterocycles. The van der Waals surface area contributed by atoms with Crippen molar-refractivity contribution >= 4 is 11.9 Å². The van der Waals surface area contributed by atoms with Gasteiger partial charge in [0.05, 0.1) is 0 Å². The number of para-hydroxylation sites is 1. The van der Waals surface area contributed by atoms with Gasteiger partial charge in [-0.05, 0) is 19.1 Å². The zero-order chi connectivity index (χ0) is 13.5. The van der Waals surface area contributed by atoms with Crippen LogP contribution >= 0.6 is 0 Å². The maximum Gasteiger partial charge on any atom is 0.323 e. The molecule has 0 saturated carbocycles. The number of carbonyl (C=O) groups is 2. The molecule has 0 saturated heterocycles. The van der Waals surface area contributed by atoms with E-state index in [1.165, 1.54) is 18.2 Å². The number of nitrogens with zero attached hydrogens (tertiary/aromatic N) is 1. The molecule has 0 aliphatic heterocycles. The van der Waals surface area contributed by atoms with Crippen LogP contribution in [0.1, 0.15) is 6.92 Å². The number of carboxylic acid groups (broad SMARTS) is 1. The van der Waals surface area contributed by atoms with Crippen LogP contribution in [0.2, 0.25) is 0 Å². The van der Waals surface area contributed by atoms with Crippen LogP contribution in [0.15, 0.2) is 24.3 Å². The fraction of sp³-hybridized carbons (Fsp3) is 0.333. The lowest BCUT2D eigenvalue weighted by molar-refractivity contribution is -0.145. The zero-order valence-corrected chi connectivity index (χ0v) is 9.93. The van der Waals surface area contributed by atoms with Crippen LogP contribution in [0.3, 0.4) is 0 Å². The Morgan fingerprint density at radius 3 is 2.61 bits per heavy atom. The van der Waals surface area contributed by atoms with E-state index in [1.54, 1.807) is 13.0 Å². The number of ether oxygens (including phenoxy) is 1. The van der Waals surface area contributed by atoms with Gasteiger partial charge in [0.15, 0.2) is 18.2 Å². The summed E-state index contributed by atoms with van der Waals surface area (Å²) in [7, 11) is 0. The molecular weight excluding hydrogens is 241 g/mol. The summed E-state index contributed by atoms with van der Waals surface area (Å²) in [6.07, 6.45) is 0. The fourth-order valence-electron chi connectivity index (χ4n) is 1.33. The molecule has 98 valence electrons. The maximum atomic E-state index is 13.2. The maximum absolute atomic E-state index is 13.2. The summed E-state index contributed by atoms with van der Waals surface area (Å²) >= 11 is 0. The molecule has 1 N–H and O–H groups in total. The molecule has 0 bridgehead atoms. The van der Waals surface area contributed by atoms with Gasteiger partial charge in [-0.3, -0.25) is 9.59 Å². The molecular formula is C12H14FNO4. The van der Waals surface area contributed by atoms with Crippen LogP contribution in [-0.2, 0) is 9.59 Å². The highest BCUT2D eigenvalue weighted by atomic mass is 19.1. The lowest BCUT2D eigenvalue weighted by Gasteiger charge is -2.18. The van der Waals surface area contributed by atoms with Crippen LogP contribution in [0.5, 0.6) is 5.75 Å². The Bertz CT molecular complexity index is 436. The number of aliphatic carboxylic acids is 1. The van der Waals surface area contributed by atoms with Crippen molar-refractivity contribution in [3.8, 4) is 5.75 Å². The first kappa shape index (κ1) is 14.0. The monoisotopic (exact) mass is 255 g/mol. The predicted octanol–water partition coefficient (Wildman–Crippen LogP) is 1.14. The highest BCUT2D eigenvalue weighted by Crippen LogP contribution is 2.15. The molecule has 1 rings (SSSR count). The van der Waals surface area contributed by atoms with E-state index in [2.05, 4.69) is 0 Å². The van der Waals surface area contributed by atoms with E-state index in [-0.39, 0.29) is 18.9 Å². The van der Waals surface area contributed by atoms with Gasteiger partial charge in [-0.1, -0.05) is 12.1 Å². The third-order valence-corrected chi connectivity index (χ3v) is 2.25. The minimum absolute atomic E-state index is 0.0303. The molecule has 1 aromatic rings. The summed E-state index contributed by atoms with van der Waals surface area (Å²) in [5.74, 6) is -2.19. The number of halogens is 1. The summed E-state index contributed by atoms with van der Waals surface area (Å²) in [6.45, 7) is 1.13. The Labute approximate surface area is 104 Å². The van der Waals surface area contributed by atoms with Crippen molar-refractivity contribution < 1.29 is 23.8 Å². The van der Waals surface area contributed by atoms with Gasteiger partial charge in [0.25, 0.3) is 5.91 Å². The van der Waals surface area contributed by atoms with E-state index in [4.69, 9.17) is 9.84 Å². The lowest BCUT2D eigenvalue weighted by Crippen LogP contribution is -2.38. The Hall–Kier alpha value is -2.11. The van der Waals surface area contributed by atoms with E-state index in [1.807, 2.05) is 0 Å². The number of hydrogen-bond acceptors (Lipinski definition) is 3. The zero-order valence-electron chi connectivity index (χ0n) is 9.93. The van der Waals surface area contributed by atoms with Gasteiger partial charge in [0, 0.05) is 6.54 Å². The number of amides is 1. The second-order valence-corrected chi connectivity index (χ2v) is 3.52. The molecule has 0 spiro atoms. The Kier molecular flexibility index (Phi) is 5.10. The standard InChI is InChI=1S/C12H14FNO4/c1-2-14(7-12(16)17)11(15)8-18-10-6-4-3-5-9(10)13/h3-6H,2,7-8H2,1H3,(H,16,17). The van der Waals surface area contributed by atoms with Crippen molar-refractivity contribution in [3.63, 3.8) is 0 Å². The third kappa shape index (κ3) is 4.04. The first-order chi connectivity index (χ1) is 8.54. The molecule has 0 aromatic heterocycles. The second-order valence-electron chi connectivity index (χ2n) is 3.52. The summed E-state index contributed by atoms with van der Waals surface area (Å²) < 4.78 is 18.2. The summed E-state index contributed by atoms with van der Waals surface area (Å²) in [6, 6.07) is 5.70. The van der Waals surface area contributed by atoms with Gasteiger partial charge in [-0.25, -0.2) is 4.39 Å². The largest absolute Gasteiger partial charge is 0.481 e. The molecule has 0 aliphatic rings. The van der Waals surface area contributed by atoms with Gasteiger partial charge in [0.2, 0.25) is 0 Å². The molecule has 18 heavy (non-hydrogen) atoms. The Morgan fingerprint density at radius 2 is 2.06 bits per heavy atom. The van der Waals surface area contributed by atoms with Crippen molar-refractivity contribution in [2.75, 3.05) is 19.7 Å². The van der Waals surface area contributed by atoms with Crippen LogP contribution < -0.4 is 4.74 Å². The first-order valence-electron chi connectivity index (χ1n) is 5.41. The molecule has 1 aromatic carbocycles. The molecule has 6 heteroatoms. The van der Waals surface area contributed by atoms with E-state index < -0.39 is 24.2 Å². The first-order valence-corrected chi connectivity index (χ1v) is 5.41. The average molecular weight is 255 g/mol. The van der Waals surface area contributed by atoms with Crippen LogP contribution in [0.4, 0.5) is 4.39 Å². The normalized spacial score (nSPS) is 9.89. The Balaban J connectivity index is 2.54. The predicted molar refractivity (Wildman–Crippen MR) is 61.8 cm³/mol. The smallest absolute Gasteiger partial charge is 0.323 e. The van der Waals surface area contributed by atoms with Crippen LogP contribution in [0, 0.1) is 5.82 Å². The molecule has 0 unspecified atom stereocenters. The highest BCUT2D eigenvalue weighted by Gasteiger charge is 2.15. The van der Waals surface area contributed by atoms with Gasteiger partial charge in [-0.15, -0.1) is 0 Å². The quantitative estimate of drug-likeness (QED) is 0.827. The van der Waals surface area contributed by atoms with Crippen molar-refractivity contribution in [3.05, 3.63) is 30.1 Å². The number of rotatable bonds is 6. The molecule has 0 fully saturated rings. The molecule has 5 nitrogen and oxygen atoms in total. The third-order valence-electron chi connectivity index (χ3n) is 2.25. The van der Waals surface area contributed by atoms with Crippen molar-refractivity contribution in [1.29, 1.82) is 0 Å². The average Bonchev–Trinajstić information content (AvgIpc) is 2.34. The number of hydrogen-bond donors (Lipinski definition) is 1. The van der Waals surface area contributed by atoms with Gasteiger partial charge in [-0.2, -0.15) is 0 Å². The molecule has 0 atom stereocenters. The van der Waals surface area contributed by atoms with E-state index >= 15 is 0 Å². The van der Waals surface area contributed by atoms with E-state index in [0.29, 0.717) is 0 Å². The van der Waals surface area contributed by atoms with Crippen molar-refractivity contribution in [2.24, 2.45) is 0 Å². The minimum Gasteiger partial charge on any atom is -0.481 e. The van der Waals surface area contributed by atoms with Gasteiger partial charge < -0.3 is 14.7 Å².